The van der Waals surface area contributed by atoms with Gasteiger partial charge in [-0.05, 0) is 26.0 Å². The molecule has 0 aliphatic carbocycles. The average Bonchev–Trinajstić information content (AvgIpc) is 2.55. The van der Waals surface area contributed by atoms with Crippen LogP contribution in [-0.2, 0) is 9.59 Å². The molecule has 0 spiro atoms. The Labute approximate surface area is 105 Å². The third kappa shape index (κ3) is 1.64. The Kier molecular flexibility index (Phi) is 2.82. The molecule has 1 heterocycles. The number of nitrogen functional groups attached to an aromatic ring is 1. The van der Waals surface area contributed by atoms with E-state index in [4.69, 9.17) is 10.5 Å². The van der Waals surface area contributed by atoms with Crippen molar-refractivity contribution in [3.63, 3.8) is 0 Å². The summed E-state index contributed by atoms with van der Waals surface area (Å²) in [5, 5.41) is 0. The second-order valence-corrected chi connectivity index (χ2v) is 4.12. The molecule has 5 nitrogen and oxygen atoms in total. The predicted octanol–water partition coefficient (Wildman–Crippen LogP) is 1.49. The van der Waals surface area contributed by atoms with Crippen LogP contribution in [0.25, 0.3) is 0 Å². The van der Waals surface area contributed by atoms with Crippen LogP contribution in [0.2, 0.25) is 0 Å². The highest BCUT2D eigenvalue weighted by atomic mass is 16.5. The summed E-state index contributed by atoms with van der Waals surface area (Å²) in [6.45, 7) is 3.26. The van der Waals surface area contributed by atoms with E-state index < -0.39 is 0 Å². The van der Waals surface area contributed by atoms with Crippen LogP contribution in [0.5, 0.6) is 5.75 Å². The van der Waals surface area contributed by atoms with E-state index in [1.54, 1.807) is 32.0 Å². The Morgan fingerprint density at radius 1 is 1.11 bits per heavy atom. The molecule has 0 atom stereocenters. The smallest absolute Gasteiger partial charge is 0.261 e. The van der Waals surface area contributed by atoms with E-state index >= 15 is 0 Å². The Bertz CT molecular complexity index is 552. The minimum atomic E-state index is -0.336. The molecule has 1 aliphatic heterocycles. The summed E-state index contributed by atoms with van der Waals surface area (Å²) >= 11 is 0. The van der Waals surface area contributed by atoms with E-state index in [2.05, 4.69) is 0 Å². The quantitative estimate of drug-likeness (QED) is 0.633. The lowest BCUT2D eigenvalue weighted by atomic mass is 10.2. The number of hydrogen-bond acceptors (Lipinski definition) is 4. The molecule has 5 heteroatoms. The van der Waals surface area contributed by atoms with Crippen LogP contribution in [0.4, 0.5) is 11.4 Å². The van der Waals surface area contributed by atoms with Crippen molar-refractivity contribution in [1.29, 1.82) is 0 Å². The fourth-order valence-electron chi connectivity index (χ4n) is 1.81. The fourth-order valence-corrected chi connectivity index (χ4v) is 1.81. The summed E-state index contributed by atoms with van der Waals surface area (Å²) in [6, 6.07) is 4.87. The van der Waals surface area contributed by atoms with Gasteiger partial charge in [-0.3, -0.25) is 9.59 Å². The van der Waals surface area contributed by atoms with Crippen LogP contribution in [0.1, 0.15) is 13.8 Å². The van der Waals surface area contributed by atoms with E-state index in [1.165, 1.54) is 7.11 Å². The number of anilines is 2. The van der Waals surface area contributed by atoms with Gasteiger partial charge in [-0.2, -0.15) is 0 Å². The zero-order chi connectivity index (χ0) is 13.4. The largest absolute Gasteiger partial charge is 0.497 e. The maximum absolute atomic E-state index is 12.0. The normalized spacial score (nSPS) is 15.6. The van der Waals surface area contributed by atoms with Crippen LogP contribution >= 0.6 is 0 Å². The van der Waals surface area contributed by atoms with Gasteiger partial charge < -0.3 is 10.5 Å². The highest BCUT2D eigenvalue weighted by Crippen LogP contribution is 2.33. The summed E-state index contributed by atoms with van der Waals surface area (Å²) in [5.41, 5.74) is 7.43. The Balaban J connectivity index is 2.52. The highest BCUT2D eigenvalue weighted by molar-refractivity contribution is 6.33. The van der Waals surface area contributed by atoms with Crippen LogP contribution < -0.4 is 15.4 Å². The monoisotopic (exact) mass is 246 g/mol. The Hall–Kier alpha value is -2.30. The van der Waals surface area contributed by atoms with Gasteiger partial charge in [-0.25, -0.2) is 4.90 Å². The molecule has 2 N–H and O–H groups in total. The van der Waals surface area contributed by atoms with Gasteiger partial charge in [0.15, 0.2) is 0 Å². The number of carbonyl (C=O) groups is 2. The number of benzene rings is 1. The highest BCUT2D eigenvalue weighted by Gasteiger charge is 2.35. The average molecular weight is 246 g/mol. The number of ether oxygens (including phenoxy) is 1. The van der Waals surface area contributed by atoms with E-state index in [0.29, 0.717) is 28.3 Å². The Morgan fingerprint density at radius 3 is 2.17 bits per heavy atom. The summed E-state index contributed by atoms with van der Waals surface area (Å²) < 4.78 is 5.08. The number of imide groups is 1. The van der Waals surface area contributed by atoms with Crippen molar-refractivity contribution in [2.45, 2.75) is 13.8 Å². The molecule has 94 valence electrons. The third-order valence-corrected chi connectivity index (χ3v) is 3.09. The van der Waals surface area contributed by atoms with Crippen molar-refractivity contribution in [3.05, 3.63) is 29.3 Å². The molecule has 0 radical (unpaired) electrons. The van der Waals surface area contributed by atoms with Gasteiger partial charge in [-0.15, -0.1) is 0 Å². The minimum Gasteiger partial charge on any atom is -0.497 e. The lowest BCUT2D eigenvalue weighted by Gasteiger charge is -2.17. The van der Waals surface area contributed by atoms with Gasteiger partial charge in [0, 0.05) is 17.2 Å². The van der Waals surface area contributed by atoms with Gasteiger partial charge >= 0.3 is 0 Å². The fraction of sp³-hybridized carbons (Fsp3) is 0.231. The standard InChI is InChI=1S/C13H14N2O3/c1-7-8(2)13(17)15(12(7)16)11-6-9(18-3)4-5-10(11)14/h4-6H,14H2,1-3H3. The van der Waals surface area contributed by atoms with Crippen LogP contribution in [0.15, 0.2) is 29.3 Å². The van der Waals surface area contributed by atoms with E-state index in [9.17, 15) is 9.59 Å². The van der Waals surface area contributed by atoms with E-state index in [-0.39, 0.29) is 11.8 Å². The van der Waals surface area contributed by atoms with Crippen LogP contribution in [0.3, 0.4) is 0 Å². The number of methoxy groups -OCH3 is 1. The summed E-state index contributed by atoms with van der Waals surface area (Å²) in [7, 11) is 1.51. The van der Waals surface area contributed by atoms with Crippen molar-refractivity contribution in [3.8, 4) is 5.75 Å². The molecule has 0 aromatic heterocycles. The first kappa shape index (κ1) is 12.2. The molecular weight excluding hydrogens is 232 g/mol. The topological polar surface area (TPSA) is 72.6 Å². The second kappa shape index (κ2) is 4.18. The number of nitrogens with zero attached hydrogens (tertiary/aromatic N) is 1. The van der Waals surface area contributed by atoms with E-state index in [1.807, 2.05) is 0 Å². The van der Waals surface area contributed by atoms with Gasteiger partial charge in [0.05, 0.1) is 18.5 Å². The number of carbonyl (C=O) groups excluding carboxylic acids is 2. The van der Waals surface area contributed by atoms with Crippen molar-refractivity contribution in [1.82, 2.24) is 0 Å². The molecule has 1 aliphatic rings. The number of nitrogens with two attached hydrogens (primary N) is 1. The lowest BCUT2D eigenvalue weighted by molar-refractivity contribution is -0.120. The number of rotatable bonds is 2. The molecule has 2 amide bonds. The van der Waals surface area contributed by atoms with Gasteiger partial charge in [-0.1, -0.05) is 0 Å². The molecule has 1 aromatic carbocycles. The molecule has 1 aromatic rings. The summed E-state index contributed by atoms with van der Waals surface area (Å²) in [6.07, 6.45) is 0. The molecule has 2 rings (SSSR count). The number of amides is 2. The molecule has 0 unspecified atom stereocenters. The third-order valence-electron chi connectivity index (χ3n) is 3.09. The molecule has 0 saturated heterocycles. The van der Waals surface area contributed by atoms with Crippen molar-refractivity contribution in [2.75, 3.05) is 17.7 Å². The maximum Gasteiger partial charge on any atom is 0.261 e. The van der Waals surface area contributed by atoms with Gasteiger partial charge in [0.1, 0.15) is 5.75 Å². The lowest BCUT2D eigenvalue weighted by Crippen LogP contribution is -2.31. The van der Waals surface area contributed by atoms with Crippen molar-refractivity contribution < 1.29 is 14.3 Å². The molecule has 0 saturated carbocycles. The Morgan fingerprint density at radius 2 is 1.67 bits per heavy atom. The predicted molar refractivity (Wildman–Crippen MR) is 68.3 cm³/mol. The molecule has 0 bridgehead atoms. The zero-order valence-corrected chi connectivity index (χ0v) is 10.5. The minimum absolute atomic E-state index is 0.336. The first-order chi connectivity index (χ1) is 8.47. The molecule has 18 heavy (non-hydrogen) atoms. The number of hydrogen-bond donors (Lipinski definition) is 1. The maximum atomic E-state index is 12.0. The van der Waals surface area contributed by atoms with Crippen molar-refractivity contribution >= 4 is 23.2 Å². The summed E-state index contributed by atoms with van der Waals surface area (Å²) in [5.74, 6) is -0.128. The van der Waals surface area contributed by atoms with Crippen molar-refractivity contribution in [2.24, 2.45) is 0 Å². The van der Waals surface area contributed by atoms with Crippen LogP contribution in [-0.4, -0.2) is 18.9 Å². The van der Waals surface area contributed by atoms with Gasteiger partial charge in [0.25, 0.3) is 11.8 Å². The van der Waals surface area contributed by atoms with Crippen LogP contribution in [0, 0.1) is 0 Å². The molecular formula is C13H14N2O3. The first-order valence-corrected chi connectivity index (χ1v) is 5.47. The zero-order valence-electron chi connectivity index (χ0n) is 10.5. The summed E-state index contributed by atoms with van der Waals surface area (Å²) in [4.78, 5) is 25.1. The first-order valence-electron chi connectivity index (χ1n) is 5.47. The van der Waals surface area contributed by atoms with Gasteiger partial charge in [0.2, 0.25) is 0 Å². The molecule has 0 fully saturated rings. The second-order valence-electron chi connectivity index (χ2n) is 4.12. The van der Waals surface area contributed by atoms with E-state index in [0.717, 1.165) is 4.90 Å². The SMILES string of the molecule is COc1ccc(N)c(N2C(=O)C(C)=C(C)C2=O)c1.